The first-order valence-electron chi connectivity index (χ1n) is 7.77. The predicted octanol–water partition coefficient (Wildman–Crippen LogP) is -1.61. The highest BCUT2D eigenvalue weighted by Crippen LogP contribution is 2.31. The molecule has 18 heteroatoms. The molecule has 0 unspecified atom stereocenters. The molecule has 2 aromatic rings. The second-order valence-electron chi connectivity index (χ2n) is 5.70. The lowest BCUT2D eigenvalue weighted by Crippen LogP contribution is -2.21. The summed E-state index contributed by atoms with van der Waals surface area (Å²) in [7, 11) is -9.85. The number of aromatic hydroxyl groups is 4. The van der Waals surface area contributed by atoms with Crippen molar-refractivity contribution in [3.8, 4) is 23.5 Å². The van der Waals surface area contributed by atoms with Crippen LogP contribution in [0.3, 0.4) is 0 Å². The van der Waals surface area contributed by atoms with Crippen molar-refractivity contribution in [2.75, 3.05) is 0 Å². The van der Waals surface area contributed by atoms with E-state index >= 15 is 0 Å². The maximum absolute atomic E-state index is 11.7. The van der Waals surface area contributed by atoms with Crippen LogP contribution in [0.4, 0.5) is 0 Å². The first kappa shape index (κ1) is 23.8. The molecule has 0 spiro atoms. The Morgan fingerprint density at radius 3 is 1.32 bits per heavy atom. The SMILES string of the molecule is O=C(CCCC(=O)On1c(O)cc(S(=O)(=O)O)c1O)On1c(O)cc(S(=O)(=O)O)c1O. The van der Waals surface area contributed by atoms with Gasteiger partial charge in [0.05, 0.1) is 0 Å². The normalized spacial score (nSPS) is 11.9. The standard InChI is InChI=1S/C13H14N2O14S2/c16-8-4-6(30(22,23)24)12(20)14(8)28-10(18)2-1-3-11(19)29-15-9(17)5-7(13(15)21)31(25,26)27/h4-5,16-17,20-21H,1-3H2,(H,22,23,24)(H,25,26,27). The van der Waals surface area contributed by atoms with E-state index in [1.807, 2.05) is 0 Å². The molecule has 31 heavy (non-hydrogen) atoms. The van der Waals surface area contributed by atoms with Crippen LogP contribution in [0.1, 0.15) is 19.3 Å². The molecule has 0 aliphatic heterocycles. The van der Waals surface area contributed by atoms with Crippen LogP contribution in [0.2, 0.25) is 0 Å². The van der Waals surface area contributed by atoms with Gasteiger partial charge < -0.3 is 30.1 Å². The molecule has 0 aliphatic carbocycles. The van der Waals surface area contributed by atoms with E-state index in [1.165, 1.54) is 0 Å². The fourth-order valence-electron chi connectivity index (χ4n) is 2.13. The first-order chi connectivity index (χ1) is 14.1. The number of nitrogens with zero attached hydrogens (tertiary/aromatic N) is 2. The zero-order chi connectivity index (χ0) is 23.7. The van der Waals surface area contributed by atoms with Gasteiger partial charge in [0.1, 0.15) is 0 Å². The van der Waals surface area contributed by atoms with Crippen molar-refractivity contribution in [1.29, 1.82) is 0 Å². The van der Waals surface area contributed by atoms with E-state index in [-0.39, 0.29) is 15.9 Å². The number of carbonyl (C=O) groups is 2. The Morgan fingerprint density at radius 1 is 0.742 bits per heavy atom. The summed E-state index contributed by atoms with van der Waals surface area (Å²) in [5.41, 5.74) is 0. The molecule has 2 heterocycles. The molecule has 2 rings (SSSR count). The van der Waals surface area contributed by atoms with Gasteiger partial charge >= 0.3 is 11.9 Å². The van der Waals surface area contributed by atoms with Gasteiger partial charge in [-0.25, -0.2) is 9.59 Å². The highest BCUT2D eigenvalue weighted by atomic mass is 32.2. The van der Waals surface area contributed by atoms with Crippen LogP contribution in [0.5, 0.6) is 23.5 Å². The minimum absolute atomic E-state index is 0.0104. The summed E-state index contributed by atoms with van der Waals surface area (Å²) in [6.45, 7) is 0. The molecule has 0 saturated heterocycles. The van der Waals surface area contributed by atoms with Crippen LogP contribution >= 0.6 is 0 Å². The van der Waals surface area contributed by atoms with Gasteiger partial charge in [0.25, 0.3) is 32.0 Å². The maximum Gasteiger partial charge on any atom is 0.333 e. The lowest BCUT2D eigenvalue weighted by atomic mass is 10.2. The van der Waals surface area contributed by atoms with Crippen molar-refractivity contribution in [2.45, 2.75) is 29.1 Å². The third-order valence-electron chi connectivity index (χ3n) is 3.47. The molecule has 0 atom stereocenters. The summed E-state index contributed by atoms with van der Waals surface area (Å²) in [6, 6.07) is 0.818. The Morgan fingerprint density at radius 2 is 1.06 bits per heavy atom. The molecular formula is C13H14N2O14S2. The monoisotopic (exact) mass is 486 g/mol. The average Bonchev–Trinajstić information content (AvgIpc) is 3.06. The Hall–Kier alpha value is -3.48. The molecule has 0 bridgehead atoms. The van der Waals surface area contributed by atoms with Gasteiger partial charge in [0.15, 0.2) is 9.79 Å². The Bertz CT molecular complexity index is 1140. The van der Waals surface area contributed by atoms with Crippen molar-refractivity contribution >= 4 is 32.2 Å². The van der Waals surface area contributed by atoms with Gasteiger partial charge in [-0.15, -0.1) is 9.46 Å². The molecule has 0 fully saturated rings. The Labute approximate surface area is 172 Å². The van der Waals surface area contributed by atoms with Gasteiger partial charge in [0, 0.05) is 25.0 Å². The highest BCUT2D eigenvalue weighted by molar-refractivity contribution is 7.86. The quantitative estimate of drug-likeness (QED) is 0.230. The maximum atomic E-state index is 11.7. The van der Waals surface area contributed by atoms with E-state index in [1.54, 1.807) is 0 Å². The largest absolute Gasteiger partial charge is 0.492 e. The van der Waals surface area contributed by atoms with Crippen molar-refractivity contribution in [3.63, 3.8) is 0 Å². The van der Waals surface area contributed by atoms with Gasteiger partial charge in [-0.3, -0.25) is 9.11 Å². The summed E-state index contributed by atoms with van der Waals surface area (Å²) in [5.74, 6) is -6.99. The van der Waals surface area contributed by atoms with Crippen molar-refractivity contribution in [1.82, 2.24) is 9.46 Å². The van der Waals surface area contributed by atoms with Crippen molar-refractivity contribution in [2.24, 2.45) is 0 Å². The Balaban J connectivity index is 1.95. The first-order valence-corrected chi connectivity index (χ1v) is 10.7. The number of hydrogen-bond donors (Lipinski definition) is 6. The number of hydrogen-bond acceptors (Lipinski definition) is 12. The van der Waals surface area contributed by atoms with E-state index in [2.05, 4.69) is 9.68 Å². The molecule has 6 N–H and O–H groups in total. The van der Waals surface area contributed by atoms with Crippen LogP contribution in [-0.4, -0.2) is 67.8 Å². The predicted molar refractivity (Wildman–Crippen MR) is 92.2 cm³/mol. The fourth-order valence-corrected chi connectivity index (χ4v) is 3.27. The van der Waals surface area contributed by atoms with E-state index in [4.69, 9.17) is 9.11 Å². The summed E-state index contributed by atoms with van der Waals surface area (Å²) in [6.07, 6.45) is -1.39. The lowest BCUT2D eigenvalue weighted by molar-refractivity contribution is -0.147. The summed E-state index contributed by atoms with van der Waals surface area (Å²) < 4.78 is 61.7. The molecule has 0 aliphatic rings. The van der Waals surface area contributed by atoms with E-state index < -0.39 is 78.3 Å². The van der Waals surface area contributed by atoms with Crippen LogP contribution in [0.25, 0.3) is 0 Å². The van der Waals surface area contributed by atoms with Gasteiger partial charge in [-0.1, -0.05) is 0 Å². The zero-order valence-electron chi connectivity index (χ0n) is 14.9. The molecule has 0 amide bonds. The van der Waals surface area contributed by atoms with Crippen molar-refractivity contribution in [3.05, 3.63) is 12.1 Å². The second kappa shape index (κ2) is 8.34. The Kier molecular flexibility index (Phi) is 6.40. The zero-order valence-corrected chi connectivity index (χ0v) is 16.6. The molecule has 2 aromatic heterocycles. The molecule has 0 aromatic carbocycles. The molecule has 16 nitrogen and oxygen atoms in total. The van der Waals surface area contributed by atoms with Crippen molar-refractivity contribution < 1.29 is 65.6 Å². The van der Waals surface area contributed by atoms with Crippen LogP contribution in [0, 0.1) is 0 Å². The molecule has 0 saturated carbocycles. The average molecular weight is 486 g/mol. The topological polar surface area (TPSA) is 252 Å². The molecule has 172 valence electrons. The van der Waals surface area contributed by atoms with E-state index in [9.17, 15) is 46.9 Å². The smallest absolute Gasteiger partial charge is 0.333 e. The fraction of sp³-hybridized carbons (Fsp3) is 0.231. The van der Waals surface area contributed by atoms with Gasteiger partial charge in [-0.05, 0) is 6.42 Å². The minimum Gasteiger partial charge on any atom is -0.492 e. The summed E-state index contributed by atoms with van der Waals surface area (Å²) in [4.78, 5) is 30.2. The van der Waals surface area contributed by atoms with Crippen LogP contribution in [0.15, 0.2) is 21.9 Å². The molecular weight excluding hydrogens is 472 g/mol. The lowest BCUT2D eigenvalue weighted by Gasteiger charge is -2.08. The van der Waals surface area contributed by atoms with Gasteiger partial charge in [0.2, 0.25) is 11.8 Å². The minimum atomic E-state index is -4.92. The van der Waals surface area contributed by atoms with Gasteiger partial charge in [-0.2, -0.15) is 16.8 Å². The van der Waals surface area contributed by atoms with E-state index in [0.29, 0.717) is 12.1 Å². The highest BCUT2D eigenvalue weighted by Gasteiger charge is 2.27. The number of carbonyl (C=O) groups excluding carboxylic acids is 2. The summed E-state index contributed by atoms with van der Waals surface area (Å²) in [5, 5.41) is 38.1. The van der Waals surface area contributed by atoms with E-state index in [0.717, 1.165) is 0 Å². The molecule has 0 radical (unpaired) electrons. The number of aromatic nitrogens is 2. The third kappa shape index (κ3) is 5.36. The second-order valence-corrected chi connectivity index (χ2v) is 8.48. The number of rotatable bonds is 8. The van der Waals surface area contributed by atoms with Crippen LogP contribution in [-0.2, 0) is 29.8 Å². The third-order valence-corrected chi connectivity index (χ3v) is 5.18. The van der Waals surface area contributed by atoms with Crippen LogP contribution < -0.4 is 9.68 Å². The summed E-state index contributed by atoms with van der Waals surface area (Å²) >= 11 is 0.